The zero-order valence-corrected chi connectivity index (χ0v) is 13.3. The first-order valence-electron chi connectivity index (χ1n) is 6.55. The molecule has 0 atom stereocenters. The van der Waals surface area contributed by atoms with Gasteiger partial charge >= 0.3 is 0 Å². The number of benzene rings is 1. The second kappa shape index (κ2) is 6.62. The minimum absolute atomic E-state index is 0.0640. The lowest BCUT2D eigenvalue weighted by Crippen LogP contribution is -2.40. The zero-order valence-electron chi connectivity index (χ0n) is 10.9. The second-order valence-corrected chi connectivity index (χ2v) is 7.47. The van der Waals surface area contributed by atoms with E-state index in [2.05, 4.69) is 0 Å². The summed E-state index contributed by atoms with van der Waals surface area (Å²) < 4.78 is 26.9. The number of hydrogen-bond donors (Lipinski definition) is 1. The third-order valence-electron chi connectivity index (χ3n) is 3.54. The first kappa shape index (κ1) is 16.0. The fourth-order valence-corrected chi connectivity index (χ4v) is 5.41. The summed E-state index contributed by atoms with van der Waals surface area (Å²) in [5.74, 6) is 0. The molecule has 7 heteroatoms. The van der Waals surface area contributed by atoms with E-state index < -0.39 is 10.0 Å². The fraction of sp³-hybridized carbons (Fsp3) is 0.538. The standard InChI is InChI=1S/C13H17Cl2NO3S/c14-11-6-3-7-12(15)13(11)20(18,19)16(8-9-17)10-4-1-2-5-10/h3,6-7,10,17H,1-2,4-5,8-9H2. The Bertz CT molecular complexity index is 551. The van der Waals surface area contributed by atoms with E-state index in [9.17, 15) is 13.5 Å². The maximum absolute atomic E-state index is 12.8. The summed E-state index contributed by atoms with van der Waals surface area (Å²) in [4.78, 5) is -0.0660. The summed E-state index contributed by atoms with van der Waals surface area (Å²) in [6.07, 6.45) is 3.61. The number of nitrogens with zero attached hydrogens (tertiary/aromatic N) is 1. The Kier molecular flexibility index (Phi) is 5.31. The molecule has 0 bridgehead atoms. The molecule has 0 unspecified atom stereocenters. The van der Waals surface area contributed by atoms with Crippen molar-refractivity contribution in [3.63, 3.8) is 0 Å². The number of sulfonamides is 1. The molecule has 0 amide bonds. The number of aliphatic hydroxyl groups is 1. The van der Waals surface area contributed by atoms with Crippen LogP contribution >= 0.6 is 23.2 Å². The molecule has 2 rings (SSSR count). The van der Waals surface area contributed by atoms with Crippen LogP contribution in [0.5, 0.6) is 0 Å². The average Bonchev–Trinajstić information content (AvgIpc) is 2.88. The molecular formula is C13H17Cl2NO3S. The van der Waals surface area contributed by atoms with E-state index in [4.69, 9.17) is 23.2 Å². The third kappa shape index (κ3) is 3.12. The van der Waals surface area contributed by atoms with Crippen molar-refractivity contribution in [1.82, 2.24) is 4.31 Å². The summed E-state index contributed by atoms with van der Waals surface area (Å²) >= 11 is 12.0. The lowest BCUT2D eigenvalue weighted by Gasteiger charge is -2.28. The molecule has 1 saturated carbocycles. The highest BCUT2D eigenvalue weighted by Crippen LogP contribution is 2.35. The van der Waals surface area contributed by atoms with Crippen LogP contribution in [0.15, 0.2) is 23.1 Å². The van der Waals surface area contributed by atoms with E-state index in [1.807, 2.05) is 0 Å². The van der Waals surface area contributed by atoms with E-state index in [0.717, 1.165) is 25.7 Å². The molecular weight excluding hydrogens is 321 g/mol. The highest BCUT2D eigenvalue weighted by molar-refractivity contribution is 7.89. The van der Waals surface area contributed by atoms with Crippen molar-refractivity contribution in [2.75, 3.05) is 13.2 Å². The van der Waals surface area contributed by atoms with Gasteiger partial charge in [0.2, 0.25) is 10.0 Å². The van der Waals surface area contributed by atoms with Crippen LogP contribution in [0.25, 0.3) is 0 Å². The summed E-state index contributed by atoms with van der Waals surface area (Å²) in [6.45, 7) is -0.160. The molecule has 112 valence electrons. The van der Waals surface area contributed by atoms with Crippen molar-refractivity contribution in [2.24, 2.45) is 0 Å². The van der Waals surface area contributed by atoms with Gasteiger partial charge in [0.25, 0.3) is 0 Å². The number of aliphatic hydroxyl groups excluding tert-OH is 1. The van der Waals surface area contributed by atoms with Gasteiger partial charge in [-0.3, -0.25) is 0 Å². The molecule has 1 fully saturated rings. The Balaban J connectivity index is 2.45. The van der Waals surface area contributed by atoms with Crippen LogP contribution in [-0.2, 0) is 10.0 Å². The number of hydrogen-bond acceptors (Lipinski definition) is 3. The lowest BCUT2D eigenvalue weighted by molar-refractivity contribution is 0.226. The van der Waals surface area contributed by atoms with Crippen molar-refractivity contribution < 1.29 is 13.5 Å². The van der Waals surface area contributed by atoms with Crippen LogP contribution in [0.1, 0.15) is 25.7 Å². The highest BCUT2D eigenvalue weighted by atomic mass is 35.5. The molecule has 0 heterocycles. The molecule has 20 heavy (non-hydrogen) atoms. The van der Waals surface area contributed by atoms with Gasteiger partial charge in [0, 0.05) is 12.6 Å². The molecule has 0 saturated heterocycles. The van der Waals surface area contributed by atoms with Crippen LogP contribution in [0, 0.1) is 0 Å². The Morgan fingerprint density at radius 3 is 2.25 bits per heavy atom. The van der Waals surface area contributed by atoms with E-state index in [0.29, 0.717) is 0 Å². The van der Waals surface area contributed by atoms with E-state index in [1.54, 1.807) is 6.07 Å². The number of rotatable bonds is 5. The molecule has 0 aromatic heterocycles. The van der Waals surface area contributed by atoms with Crippen molar-refractivity contribution >= 4 is 33.2 Å². The van der Waals surface area contributed by atoms with E-state index >= 15 is 0 Å². The Morgan fingerprint density at radius 1 is 1.20 bits per heavy atom. The number of halogens is 2. The average molecular weight is 338 g/mol. The van der Waals surface area contributed by atoms with Crippen LogP contribution in [0.4, 0.5) is 0 Å². The van der Waals surface area contributed by atoms with Crippen LogP contribution in [0.3, 0.4) is 0 Å². The van der Waals surface area contributed by atoms with Gasteiger partial charge in [0.15, 0.2) is 0 Å². The Morgan fingerprint density at radius 2 is 1.75 bits per heavy atom. The normalized spacial score (nSPS) is 17.0. The quantitative estimate of drug-likeness (QED) is 0.898. The van der Waals surface area contributed by atoms with E-state index in [-0.39, 0.29) is 34.1 Å². The maximum Gasteiger partial charge on any atom is 0.246 e. The fourth-order valence-electron chi connectivity index (χ4n) is 2.64. The smallest absolute Gasteiger partial charge is 0.246 e. The molecule has 1 aromatic rings. The van der Waals surface area contributed by atoms with Crippen molar-refractivity contribution in [2.45, 2.75) is 36.6 Å². The first-order chi connectivity index (χ1) is 9.48. The molecule has 4 nitrogen and oxygen atoms in total. The lowest BCUT2D eigenvalue weighted by atomic mass is 10.2. The molecule has 1 aromatic carbocycles. The van der Waals surface area contributed by atoms with Crippen molar-refractivity contribution in [3.05, 3.63) is 28.2 Å². The zero-order chi connectivity index (χ0) is 14.8. The molecule has 0 radical (unpaired) electrons. The summed E-state index contributed by atoms with van der Waals surface area (Å²) in [7, 11) is -3.80. The molecule has 0 spiro atoms. The van der Waals surface area contributed by atoms with Gasteiger partial charge in [-0.25, -0.2) is 8.42 Å². The molecule has 1 aliphatic carbocycles. The molecule has 1 N–H and O–H groups in total. The van der Waals surface area contributed by atoms with E-state index in [1.165, 1.54) is 16.4 Å². The van der Waals surface area contributed by atoms with Crippen molar-refractivity contribution in [1.29, 1.82) is 0 Å². The largest absolute Gasteiger partial charge is 0.395 e. The summed E-state index contributed by atoms with van der Waals surface area (Å²) in [5.41, 5.74) is 0. The van der Waals surface area contributed by atoms with Gasteiger partial charge in [-0.05, 0) is 25.0 Å². The maximum atomic E-state index is 12.8. The Hall–Kier alpha value is -0.330. The van der Waals surface area contributed by atoms with Crippen molar-refractivity contribution in [3.8, 4) is 0 Å². The van der Waals surface area contributed by atoms with Gasteiger partial charge in [-0.15, -0.1) is 0 Å². The molecule has 1 aliphatic rings. The minimum atomic E-state index is -3.80. The topological polar surface area (TPSA) is 57.6 Å². The first-order valence-corrected chi connectivity index (χ1v) is 8.75. The van der Waals surface area contributed by atoms with Crippen LogP contribution < -0.4 is 0 Å². The van der Waals surface area contributed by atoms with Gasteiger partial charge in [-0.1, -0.05) is 42.1 Å². The molecule has 0 aliphatic heterocycles. The second-order valence-electron chi connectivity index (χ2n) is 4.83. The third-order valence-corrected chi connectivity index (χ3v) is 6.45. The minimum Gasteiger partial charge on any atom is -0.395 e. The van der Waals surface area contributed by atoms with Crippen LogP contribution in [-0.4, -0.2) is 37.0 Å². The van der Waals surface area contributed by atoms with Crippen LogP contribution in [0.2, 0.25) is 10.0 Å². The summed E-state index contributed by atoms with van der Waals surface area (Å²) in [5, 5.41) is 9.39. The van der Waals surface area contributed by atoms with Gasteiger partial charge in [0.05, 0.1) is 16.7 Å². The van der Waals surface area contributed by atoms with Gasteiger partial charge in [0.1, 0.15) is 4.90 Å². The predicted octanol–water partition coefficient (Wildman–Crippen LogP) is 2.92. The SMILES string of the molecule is O=S(=O)(c1c(Cl)cccc1Cl)N(CCO)C1CCCC1. The highest BCUT2D eigenvalue weighted by Gasteiger charge is 2.35. The monoisotopic (exact) mass is 337 g/mol. The Labute approximate surface area is 129 Å². The summed E-state index contributed by atoms with van der Waals surface area (Å²) in [6, 6.07) is 4.54. The van der Waals surface area contributed by atoms with Gasteiger partial charge < -0.3 is 5.11 Å². The predicted molar refractivity (Wildman–Crippen MR) is 79.7 cm³/mol. The van der Waals surface area contributed by atoms with Gasteiger partial charge in [-0.2, -0.15) is 4.31 Å².